The normalized spacial score (nSPS) is 41.1. The predicted octanol–water partition coefficient (Wildman–Crippen LogP) is 4.90. The summed E-state index contributed by atoms with van der Waals surface area (Å²) in [6, 6.07) is 1.78. The topological polar surface area (TPSA) is 99.9 Å². The Kier molecular flexibility index (Phi) is 6.40. The standard InChI is InChI=1S/C33H46N2O6/c1-10-30(5,6)25-13-24(35(9)34-25)29(37)41-27-17(2)14-32-18(3)11-23-22(15-31(23,7)8)21(26(32)36)12-20-16-39-19(4)40-28(20)33(27,32)38/h12-14,18-19,21-23,27-28,38H,10-11,15-16H2,1-9H3/t18-,19?,21?,22+,23-,27?,28?,32?,33?/m1/s1. The van der Waals surface area contributed by atoms with Gasteiger partial charge in [-0.05, 0) is 73.5 Å². The van der Waals surface area contributed by atoms with Gasteiger partial charge < -0.3 is 19.3 Å². The highest BCUT2D eigenvalue weighted by molar-refractivity contribution is 5.95. The molecule has 1 N–H and O–H groups in total. The van der Waals surface area contributed by atoms with E-state index in [-0.39, 0.29) is 41.0 Å². The van der Waals surface area contributed by atoms with Gasteiger partial charge in [-0.15, -0.1) is 0 Å². The number of esters is 1. The van der Waals surface area contributed by atoms with Gasteiger partial charge in [0.2, 0.25) is 0 Å². The van der Waals surface area contributed by atoms with Gasteiger partial charge in [-0.2, -0.15) is 5.10 Å². The molecule has 8 nitrogen and oxygen atoms in total. The second-order valence-corrected chi connectivity index (χ2v) is 14.8. The van der Waals surface area contributed by atoms with E-state index in [4.69, 9.17) is 14.2 Å². The Morgan fingerprint density at radius 3 is 2.66 bits per heavy atom. The highest BCUT2D eigenvalue weighted by atomic mass is 16.7. The fourth-order valence-corrected chi connectivity index (χ4v) is 8.83. The number of carbonyl (C=O) groups excluding carboxylic acids is 2. The largest absolute Gasteiger partial charge is 0.450 e. The monoisotopic (exact) mass is 566 g/mol. The second kappa shape index (κ2) is 9.10. The van der Waals surface area contributed by atoms with Crippen molar-refractivity contribution in [2.45, 2.75) is 104 Å². The minimum Gasteiger partial charge on any atom is -0.450 e. The molecule has 4 aliphatic carbocycles. The number of nitrogens with zero attached hydrogens (tertiary/aromatic N) is 2. The number of aryl methyl sites for hydroxylation is 1. The molecule has 3 fully saturated rings. The van der Waals surface area contributed by atoms with E-state index in [2.05, 4.69) is 46.6 Å². The van der Waals surface area contributed by atoms with Crippen LogP contribution in [0.3, 0.4) is 0 Å². The average Bonchev–Trinajstić information content (AvgIpc) is 3.37. The average molecular weight is 567 g/mol. The van der Waals surface area contributed by atoms with E-state index in [9.17, 15) is 14.7 Å². The Morgan fingerprint density at radius 1 is 1.29 bits per heavy atom. The number of hydrogen-bond acceptors (Lipinski definition) is 7. The molecule has 1 aromatic heterocycles. The maximum Gasteiger partial charge on any atom is 0.357 e. The van der Waals surface area contributed by atoms with Gasteiger partial charge in [-0.25, -0.2) is 4.79 Å². The highest BCUT2D eigenvalue weighted by Crippen LogP contribution is 2.67. The molecular weight excluding hydrogens is 520 g/mol. The lowest BCUT2D eigenvalue weighted by Gasteiger charge is -2.54. The molecule has 0 aromatic carbocycles. The number of allylic oxidation sites excluding steroid dienone is 1. The van der Waals surface area contributed by atoms with E-state index in [0.29, 0.717) is 17.2 Å². The van der Waals surface area contributed by atoms with Gasteiger partial charge >= 0.3 is 5.97 Å². The summed E-state index contributed by atoms with van der Waals surface area (Å²) >= 11 is 0. The lowest BCUT2D eigenvalue weighted by atomic mass is 9.51. The molecule has 0 amide bonds. The van der Waals surface area contributed by atoms with Crippen LogP contribution in [0.4, 0.5) is 0 Å². The maximum absolute atomic E-state index is 14.8. The molecule has 8 heteroatoms. The molecule has 41 heavy (non-hydrogen) atoms. The summed E-state index contributed by atoms with van der Waals surface area (Å²) in [5, 5.41) is 17.8. The molecule has 5 aliphatic rings. The van der Waals surface area contributed by atoms with Crippen LogP contribution in [0.1, 0.15) is 90.8 Å². The Hall–Kier alpha value is -2.29. The molecule has 2 saturated carbocycles. The van der Waals surface area contributed by atoms with Gasteiger partial charge in [0.05, 0.1) is 17.7 Å². The number of ketones is 1. The summed E-state index contributed by atoms with van der Waals surface area (Å²) in [5.74, 6) is -0.530. The Morgan fingerprint density at radius 2 is 2.00 bits per heavy atom. The number of rotatable bonds is 4. The lowest BCUT2D eigenvalue weighted by molar-refractivity contribution is -0.259. The highest BCUT2D eigenvalue weighted by Gasteiger charge is 2.75. The first kappa shape index (κ1) is 28.8. The van der Waals surface area contributed by atoms with E-state index in [1.807, 2.05) is 19.1 Å². The minimum atomic E-state index is -1.82. The van der Waals surface area contributed by atoms with Crippen molar-refractivity contribution in [3.05, 3.63) is 40.8 Å². The van der Waals surface area contributed by atoms with Crippen LogP contribution in [-0.2, 0) is 31.5 Å². The molecule has 1 aromatic rings. The van der Waals surface area contributed by atoms with Crippen molar-refractivity contribution in [2.24, 2.45) is 41.5 Å². The third-order valence-corrected chi connectivity index (χ3v) is 11.6. The van der Waals surface area contributed by atoms with Crippen LogP contribution in [0.5, 0.6) is 0 Å². The molecule has 224 valence electrons. The van der Waals surface area contributed by atoms with Gasteiger partial charge in [0.1, 0.15) is 11.8 Å². The number of fused-ring (bicyclic) bond motifs is 5. The molecule has 6 rings (SSSR count). The predicted molar refractivity (Wildman–Crippen MR) is 153 cm³/mol. The van der Waals surface area contributed by atoms with Crippen LogP contribution in [-0.4, -0.2) is 57.3 Å². The van der Waals surface area contributed by atoms with Gasteiger partial charge in [0.15, 0.2) is 23.8 Å². The van der Waals surface area contributed by atoms with Gasteiger partial charge in [0, 0.05) is 18.4 Å². The second-order valence-electron chi connectivity index (χ2n) is 14.8. The molecule has 0 radical (unpaired) electrons. The first-order valence-corrected chi connectivity index (χ1v) is 15.3. The summed E-state index contributed by atoms with van der Waals surface area (Å²) in [7, 11) is 1.73. The summed E-state index contributed by atoms with van der Waals surface area (Å²) in [4.78, 5) is 28.7. The van der Waals surface area contributed by atoms with Crippen molar-refractivity contribution < 1.29 is 28.9 Å². The lowest BCUT2D eigenvalue weighted by Crippen LogP contribution is -2.67. The summed E-state index contributed by atoms with van der Waals surface area (Å²) in [6.07, 6.45) is 4.10. The van der Waals surface area contributed by atoms with E-state index in [0.717, 1.165) is 30.5 Å². The molecule has 2 heterocycles. The maximum atomic E-state index is 14.8. The van der Waals surface area contributed by atoms with Crippen LogP contribution < -0.4 is 0 Å². The van der Waals surface area contributed by atoms with Crippen molar-refractivity contribution in [1.29, 1.82) is 0 Å². The SMILES string of the molecule is CCC(C)(C)c1cc(C(=O)OC2C(C)=CC34C(=O)C(C=C5COC(C)OC5C23O)[C@@H]2CC(C)(C)[C@@H]2C[C@H]4C)n(C)n1. The first-order chi connectivity index (χ1) is 19.1. The fourth-order valence-electron chi connectivity index (χ4n) is 8.83. The van der Waals surface area contributed by atoms with Crippen molar-refractivity contribution in [2.75, 3.05) is 6.61 Å². The van der Waals surface area contributed by atoms with Gasteiger partial charge in [0.25, 0.3) is 0 Å². The smallest absolute Gasteiger partial charge is 0.357 e. The van der Waals surface area contributed by atoms with Crippen LogP contribution in [0, 0.1) is 34.5 Å². The van der Waals surface area contributed by atoms with E-state index in [1.54, 1.807) is 24.7 Å². The van der Waals surface area contributed by atoms with Gasteiger partial charge in [-0.1, -0.05) is 53.7 Å². The molecular formula is C33H46N2O6. The molecule has 1 saturated heterocycles. The zero-order valence-electron chi connectivity index (χ0n) is 26.0. The number of carbonyl (C=O) groups is 2. The van der Waals surface area contributed by atoms with Crippen LogP contribution >= 0.6 is 0 Å². The summed E-state index contributed by atoms with van der Waals surface area (Å²) in [5.41, 5.74) is -0.617. The molecule has 6 unspecified atom stereocenters. The zero-order valence-corrected chi connectivity index (χ0v) is 26.0. The number of aliphatic hydroxyl groups is 1. The molecule has 1 spiro atoms. The number of Topliss-reactive ketones (excluding diaryl/α,β-unsaturated/α-hetero) is 1. The van der Waals surface area contributed by atoms with Crippen molar-refractivity contribution >= 4 is 11.8 Å². The Bertz CT molecular complexity index is 1360. The fraction of sp³-hybridized carbons (Fsp3) is 0.727. The van der Waals surface area contributed by atoms with Crippen LogP contribution in [0.15, 0.2) is 29.4 Å². The number of hydrogen-bond donors (Lipinski definition) is 1. The third kappa shape index (κ3) is 3.79. The number of ether oxygens (including phenoxy) is 3. The van der Waals surface area contributed by atoms with Crippen LogP contribution in [0.25, 0.3) is 0 Å². The molecule has 9 atom stereocenters. The zero-order chi connectivity index (χ0) is 29.9. The minimum absolute atomic E-state index is 0.0130. The Labute approximate surface area is 243 Å². The van der Waals surface area contributed by atoms with Crippen molar-refractivity contribution in [3.63, 3.8) is 0 Å². The van der Waals surface area contributed by atoms with Crippen LogP contribution in [0.2, 0.25) is 0 Å². The van der Waals surface area contributed by atoms with E-state index >= 15 is 0 Å². The number of aromatic nitrogens is 2. The molecule has 1 aliphatic heterocycles. The van der Waals surface area contributed by atoms with Gasteiger partial charge in [-0.3, -0.25) is 9.48 Å². The summed E-state index contributed by atoms with van der Waals surface area (Å²) < 4.78 is 20.1. The molecule has 2 bridgehead atoms. The Balaban J connectivity index is 1.46. The van der Waals surface area contributed by atoms with E-state index < -0.39 is 35.5 Å². The first-order valence-electron chi connectivity index (χ1n) is 15.3. The van der Waals surface area contributed by atoms with Crippen molar-refractivity contribution in [1.82, 2.24) is 9.78 Å². The quantitative estimate of drug-likeness (QED) is 0.409. The van der Waals surface area contributed by atoms with E-state index in [1.165, 1.54) is 0 Å². The third-order valence-electron chi connectivity index (χ3n) is 11.6. The van der Waals surface area contributed by atoms with Crippen molar-refractivity contribution in [3.8, 4) is 0 Å². The summed E-state index contributed by atoms with van der Waals surface area (Å²) in [6.45, 7) is 16.8.